The predicted octanol–water partition coefficient (Wildman–Crippen LogP) is 3.25. The Bertz CT molecular complexity index is 900. The van der Waals surface area contributed by atoms with Gasteiger partial charge in [0.1, 0.15) is 5.75 Å². The molecule has 0 saturated carbocycles. The first-order chi connectivity index (χ1) is 12.9. The Morgan fingerprint density at radius 2 is 2.00 bits per heavy atom. The molecule has 1 aliphatic rings. The average Bonchev–Trinajstić information content (AvgIpc) is 3.04. The highest BCUT2D eigenvalue weighted by molar-refractivity contribution is 6.30. The number of anilines is 2. The molecule has 1 heterocycles. The van der Waals surface area contributed by atoms with E-state index in [9.17, 15) is 19.7 Å². The number of nitro groups is 1. The molecule has 8 nitrogen and oxygen atoms in total. The Kier molecular flexibility index (Phi) is 5.27. The minimum atomic E-state index is -0.586. The summed E-state index contributed by atoms with van der Waals surface area (Å²) in [5.74, 6) is -0.868. The molecule has 3 rings (SSSR count). The molecule has 9 heteroatoms. The van der Waals surface area contributed by atoms with Crippen LogP contribution in [0, 0.1) is 16.0 Å². The van der Waals surface area contributed by atoms with Gasteiger partial charge < -0.3 is 15.0 Å². The monoisotopic (exact) mass is 389 g/mol. The molecule has 1 atom stereocenters. The van der Waals surface area contributed by atoms with Crippen molar-refractivity contribution >= 4 is 40.5 Å². The number of hydrogen-bond acceptors (Lipinski definition) is 5. The molecule has 1 N–H and O–H groups in total. The second-order valence-corrected chi connectivity index (χ2v) is 6.45. The summed E-state index contributed by atoms with van der Waals surface area (Å²) in [5, 5.41) is 14.1. The van der Waals surface area contributed by atoms with Crippen LogP contribution >= 0.6 is 11.6 Å². The zero-order valence-electron chi connectivity index (χ0n) is 14.3. The molecule has 0 radical (unpaired) electrons. The number of hydrogen-bond donors (Lipinski definition) is 1. The maximum absolute atomic E-state index is 12.6. The van der Waals surface area contributed by atoms with E-state index >= 15 is 0 Å². The van der Waals surface area contributed by atoms with Crippen molar-refractivity contribution in [1.82, 2.24) is 0 Å². The van der Waals surface area contributed by atoms with E-state index in [-0.39, 0.29) is 30.2 Å². The fraction of sp³-hybridized carbons (Fsp3) is 0.222. The lowest BCUT2D eigenvalue weighted by Gasteiger charge is -2.17. The lowest BCUT2D eigenvalue weighted by Crippen LogP contribution is -2.28. The van der Waals surface area contributed by atoms with Gasteiger partial charge in [-0.25, -0.2) is 0 Å². The zero-order valence-corrected chi connectivity index (χ0v) is 15.1. The molecule has 2 amide bonds. The van der Waals surface area contributed by atoms with Crippen molar-refractivity contribution in [3.63, 3.8) is 0 Å². The highest BCUT2D eigenvalue weighted by Gasteiger charge is 2.35. The number of methoxy groups -OCH3 is 1. The number of non-ortho nitro benzene ring substituents is 1. The maximum Gasteiger partial charge on any atom is 0.271 e. The van der Waals surface area contributed by atoms with Crippen molar-refractivity contribution in [1.29, 1.82) is 0 Å². The third kappa shape index (κ3) is 4.01. The van der Waals surface area contributed by atoms with E-state index in [1.54, 1.807) is 24.3 Å². The van der Waals surface area contributed by atoms with Gasteiger partial charge in [0.25, 0.3) is 5.69 Å². The van der Waals surface area contributed by atoms with Crippen LogP contribution in [0.5, 0.6) is 5.75 Å². The SMILES string of the molecule is COc1ccc([N+](=O)[O-])cc1NC(=O)[C@@H]1CC(=O)N(c2ccc(Cl)cc2)C1. The lowest BCUT2D eigenvalue weighted by atomic mass is 10.1. The first kappa shape index (κ1) is 18.7. The second kappa shape index (κ2) is 7.63. The van der Waals surface area contributed by atoms with Crippen LogP contribution in [0.15, 0.2) is 42.5 Å². The number of nitrogens with zero attached hydrogens (tertiary/aromatic N) is 2. The van der Waals surface area contributed by atoms with Crippen LogP contribution in [0.4, 0.5) is 17.1 Å². The van der Waals surface area contributed by atoms with E-state index in [1.165, 1.54) is 30.2 Å². The summed E-state index contributed by atoms with van der Waals surface area (Å²) < 4.78 is 5.14. The van der Waals surface area contributed by atoms with Crippen LogP contribution in [0.25, 0.3) is 0 Å². The van der Waals surface area contributed by atoms with Crippen LogP contribution in [-0.4, -0.2) is 30.4 Å². The van der Waals surface area contributed by atoms with Crippen LogP contribution in [0.2, 0.25) is 5.02 Å². The van der Waals surface area contributed by atoms with Gasteiger partial charge in [-0.1, -0.05) is 11.6 Å². The molecule has 27 heavy (non-hydrogen) atoms. The summed E-state index contributed by atoms with van der Waals surface area (Å²) in [6.45, 7) is 0.212. The Hall–Kier alpha value is -3.13. The third-order valence-corrected chi connectivity index (χ3v) is 4.54. The number of ether oxygens (including phenoxy) is 1. The molecule has 0 spiro atoms. The molecular formula is C18H16ClN3O5. The van der Waals surface area contributed by atoms with Gasteiger partial charge in [0.15, 0.2) is 0 Å². The Morgan fingerprint density at radius 3 is 2.63 bits per heavy atom. The molecule has 140 valence electrons. The number of rotatable bonds is 5. The molecule has 0 aliphatic carbocycles. The van der Waals surface area contributed by atoms with E-state index in [2.05, 4.69) is 5.32 Å². The summed E-state index contributed by atoms with van der Waals surface area (Å²) in [5.41, 5.74) is 0.679. The summed E-state index contributed by atoms with van der Waals surface area (Å²) in [4.78, 5) is 36.8. The molecule has 0 bridgehead atoms. The largest absolute Gasteiger partial charge is 0.495 e. The summed E-state index contributed by atoms with van der Waals surface area (Å²) in [7, 11) is 1.40. The van der Waals surface area contributed by atoms with Crippen LogP contribution < -0.4 is 15.0 Å². The maximum atomic E-state index is 12.6. The molecule has 1 aliphatic heterocycles. The van der Waals surface area contributed by atoms with Gasteiger partial charge in [-0.3, -0.25) is 19.7 Å². The Labute approximate surface area is 159 Å². The number of halogens is 1. The summed E-state index contributed by atoms with van der Waals surface area (Å²) in [6, 6.07) is 10.7. The van der Waals surface area contributed by atoms with E-state index < -0.39 is 16.7 Å². The van der Waals surface area contributed by atoms with Crippen molar-refractivity contribution in [3.05, 3.63) is 57.6 Å². The predicted molar refractivity (Wildman–Crippen MR) is 100 cm³/mol. The van der Waals surface area contributed by atoms with Gasteiger partial charge >= 0.3 is 0 Å². The summed E-state index contributed by atoms with van der Waals surface area (Å²) >= 11 is 5.86. The molecule has 1 saturated heterocycles. The van der Waals surface area contributed by atoms with E-state index in [0.717, 1.165) is 0 Å². The van der Waals surface area contributed by atoms with Gasteiger partial charge in [-0.2, -0.15) is 0 Å². The number of nitro benzene ring substituents is 1. The minimum Gasteiger partial charge on any atom is -0.495 e. The number of nitrogens with one attached hydrogen (secondary N) is 1. The van der Waals surface area contributed by atoms with E-state index in [1.807, 2.05) is 0 Å². The fourth-order valence-corrected chi connectivity index (χ4v) is 3.02. The van der Waals surface area contributed by atoms with Crippen molar-refractivity contribution in [2.45, 2.75) is 6.42 Å². The van der Waals surface area contributed by atoms with Crippen LogP contribution in [0.3, 0.4) is 0 Å². The zero-order chi connectivity index (χ0) is 19.6. The molecule has 2 aromatic carbocycles. The smallest absolute Gasteiger partial charge is 0.271 e. The van der Waals surface area contributed by atoms with Crippen LogP contribution in [0.1, 0.15) is 6.42 Å². The molecule has 2 aromatic rings. The standard InChI is InChI=1S/C18H16ClN3O5/c1-27-16-7-6-14(22(25)26)9-15(16)20-18(24)11-8-17(23)21(10-11)13-4-2-12(19)3-5-13/h2-7,9,11H,8,10H2,1H3,(H,20,24)/t11-/m1/s1. The normalized spacial score (nSPS) is 16.3. The van der Waals surface area contributed by atoms with Gasteiger partial charge in [0, 0.05) is 35.8 Å². The average molecular weight is 390 g/mol. The van der Waals surface area contributed by atoms with Crippen molar-refractivity contribution < 1.29 is 19.2 Å². The third-order valence-electron chi connectivity index (χ3n) is 4.29. The van der Waals surface area contributed by atoms with Crippen LogP contribution in [-0.2, 0) is 9.59 Å². The second-order valence-electron chi connectivity index (χ2n) is 6.01. The van der Waals surface area contributed by atoms with Gasteiger partial charge in [0.2, 0.25) is 11.8 Å². The van der Waals surface area contributed by atoms with Gasteiger partial charge in [0.05, 0.1) is 23.6 Å². The van der Waals surface area contributed by atoms with Crippen molar-refractivity contribution in [2.75, 3.05) is 23.9 Å². The quantitative estimate of drug-likeness (QED) is 0.624. The van der Waals surface area contributed by atoms with Gasteiger partial charge in [-0.15, -0.1) is 0 Å². The molecule has 0 unspecified atom stereocenters. The highest BCUT2D eigenvalue weighted by atomic mass is 35.5. The minimum absolute atomic E-state index is 0.0473. The molecule has 0 aromatic heterocycles. The number of carbonyl (C=O) groups excluding carboxylic acids is 2. The van der Waals surface area contributed by atoms with Crippen molar-refractivity contribution in [3.8, 4) is 5.75 Å². The Morgan fingerprint density at radius 1 is 1.30 bits per heavy atom. The van der Waals surface area contributed by atoms with E-state index in [4.69, 9.17) is 16.3 Å². The number of carbonyl (C=O) groups is 2. The lowest BCUT2D eigenvalue weighted by molar-refractivity contribution is -0.384. The number of amides is 2. The summed E-state index contributed by atoms with van der Waals surface area (Å²) in [6.07, 6.45) is 0.0473. The van der Waals surface area contributed by atoms with E-state index in [0.29, 0.717) is 16.5 Å². The van der Waals surface area contributed by atoms with Gasteiger partial charge in [-0.05, 0) is 30.3 Å². The van der Waals surface area contributed by atoms with Crippen molar-refractivity contribution in [2.24, 2.45) is 5.92 Å². The Balaban J connectivity index is 1.75. The first-order valence-electron chi connectivity index (χ1n) is 8.08. The fourth-order valence-electron chi connectivity index (χ4n) is 2.90. The highest BCUT2D eigenvalue weighted by Crippen LogP contribution is 2.31. The number of benzene rings is 2. The molecule has 1 fully saturated rings. The topological polar surface area (TPSA) is 102 Å². The molecular weight excluding hydrogens is 374 g/mol. The first-order valence-corrected chi connectivity index (χ1v) is 8.46.